The van der Waals surface area contributed by atoms with Crippen LogP contribution in [0.1, 0.15) is 29.8 Å². The van der Waals surface area contributed by atoms with E-state index in [1.165, 1.54) is 0 Å². The van der Waals surface area contributed by atoms with Gasteiger partial charge in [-0.1, -0.05) is 12.1 Å². The molecule has 27 heavy (non-hydrogen) atoms. The van der Waals surface area contributed by atoms with Gasteiger partial charge in [0.15, 0.2) is 15.5 Å². The smallest absolute Gasteiger partial charge is 0.220 e. The van der Waals surface area contributed by atoms with Crippen molar-refractivity contribution in [3.8, 4) is 0 Å². The third-order valence-corrected chi connectivity index (χ3v) is 6.99. The minimum atomic E-state index is -3.00. The van der Waals surface area contributed by atoms with Crippen LogP contribution in [0.5, 0.6) is 0 Å². The standard InChI is InChI=1S/C19H22N4O3S/c1-12-15(7-8-18(24)21-14-9-10-27(25,26)11-14)13(2)23-19(20-12)16-5-3-4-6-17(16)22-23/h3-6,14H,7-11H2,1-2H3,(H,21,24)/t14-/m0/s1. The fourth-order valence-electron chi connectivity index (χ4n) is 3.79. The van der Waals surface area contributed by atoms with Gasteiger partial charge >= 0.3 is 0 Å². The molecule has 0 aliphatic carbocycles. The summed E-state index contributed by atoms with van der Waals surface area (Å²) < 4.78 is 24.9. The molecule has 1 N–H and O–H groups in total. The molecule has 3 aromatic rings. The average molecular weight is 386 g/mol. The van der Waals surface area contributed by atoms with Gasteiger partial charge in [0.25, 0.3) is 0 Å². The summed E-state index contributed by atoms with van der Waals surface area (Å²) in [5.41, 5.74) is 4.59. The lowest BCUT2D eigenvalue weighted by Crippen LogP contribution is -2.35. The molecule has 0 bridgehead atoms. The number of carbonyl (C=O) groups is 1. The number of aromatic nitrogens is 3. The SMILES string of the molecule is Cc1nc2c3ccccc3nn2c(C)c1CCC(=O)N[C@H]1CCS(=O)(=O)C1. The maximum Gasteiger partial charge on any atom is 0.220 e. The maximum atomic E-state index is 12.3. The summed E-state index contributed by atoms with van der Waals surface area (Å²) in [7, 11) is -3.00. The van der Waals surface area contributed by atoms with Crippen LogP contribution in [0.25, 0.3) is 16.6 Å². The summed E-state index contributed by atoms with van der Waals surface area (Å²) in [6.07, 6.45) is 1.34. The number of carbonyl (C=O) groups excluding carboxylic acids is 1. The predicted molar refractivity (Wildman–Crippen MR) is 103 cm³/mol. The molecule has 8 heteroatoms. The molecule has 1 aromatic carbocycles. The Labute approximate surface area is 157 Å². The third kappa shape index (κ3) is 3.41. The van der Waals surface area contributed by atoms with E-state index in [1.807, 2.05) is 42.6 Å². The van der Waals surface area contributed by atoms with Gasteiger partial charge < -0.3 is 5.32 Å². The maximum absolute atomic E-state index is 12.3. The zero-order chi connectivity index (χ0) is 19.2. The lowest BCUT2D eigenvalue weighted by atomic mass is 10.1. The minimum Gasteiger partial charge on any atom is -0.352 e. The minimum absolute atomic E-state index is 0.0458. The third-order valence-electron chi connectivity index (χ3n) is 5.22. The molecule has 1 aliphatic heterocycles. The highest BCUT2D eigenvalue weighted by molar-refractivity contribution is 7.91. The number of benzene rings is 1. The second-order valence-electron chi connectivity index (χ2n) is 7.18. The molecule has 1 fully saturated rings. The molecule has 4 rings (SSSR count). The monoisotopic (exact) mass is 386 g/mol. The zero-order valence-corrected chi connectivity index (χ0v) is 16.2. The van der Waals surface area contributed by atoms with Crippen molar-refractivity contribution < 1.29 is 13.2 Å². The van der Waals surface area contributed by atoms with Crippen molar-refractivity contribution in [1.82, 2.24) is 19.9 Å². The van der Waals surface area contributed by atoms with Gasteiger partial charge in [0.2, 0.25) is 5.91 Å². The highest BCUT2D eigenvalue weighted by Crippen LogP contribution is 2.23. The van der Waals surface area contributed by atoms with Gasteiger partial charge in [-0.05, 0) is 44.4 Å². The van der Waals surface area contributed by atoms with E-state index in [9.17, 15) is 13.2 Å². The van der Waals surface area contributed by atoms with Crippen molar-refractivity contribution in [2.24, 2.45) is 0 Å². The lowest BCUT2D eigenvalue weighted by molar-refractivity contribution is -0.121. The molecule has 1 amide bonds. The Bertz CT molecular complexity index is 1150. The van der Waals surface area contributed by atoms with Crippen LogP contribution >= 0.6 is 0 Å². The first-order valence-electron chi connectivity index (χ1n) is 9.07. The first kappa shape index (κ1) is 17.9. The number of nitrogens with zero attached hydrogens (tertiary/aromatic N) is 3. The molecule has 2 aromatic heterocycles. The number of fused-ring (bicyclic) bond motifs is 3. The number of nitrogens with one attached hydrogen (secondary N) is 1. The highest BCUT2D eigenvalue weighted by Gasteiger charge is 2.28. The van der Waals surface area contributed by atoms with Crippen molar-refractivity contribution in [3.63, 3.8) is 0 Å². The molecule has 0 spiro atoms. The lowest BCUT2D eigenvalue weighted by Gasteiger charge is -2.13. The predicted octanol–water partition coefficient (Wildman–Crippen LogP) is 1.74. The summed E-state index contributed by atoms with van der Waals surface area (Å²) in [6.45, 7) is 3.94. The van der Waals surface area contributed by atoms with Gasteiger partial charge in [0.1, 0.15) is 0 Å². The van der Waals surface area contributed by atoms with Gasteiger partial charge in [-0.3, -0.25) is 4.79 Å². The van der Waals surface area contributed by atoms with Crippen molar-refractivity contribution in [3.05, 3.63) is 41.2 Å². The number of hydrogen-bond acceptors (Lipinski definition) is 5. The molecule has 0 unspecified atom stereocenters. The summed E-state index contributed by atoms with van der Waals surface area (Å²) in [5, 5.41) is 8.48. The van der Waals surface area contributed by atoms with Crippen molar-refractivity contribution >= 4 is 32.3 Å². The Kier molecular flexibility index (Phi) is 4.38. The fourth-order valence-corrected chi connectivity index (χ4v) is 5.46. The van der Waals surface area contributed by atoms with E-state index in [-0.39, 0.29) is 23.5 Å². The van der Waals surface area contributed by atoms with E-state index in [0.29, 0.717) is 19.3 Å². The zero-order valence-electron chi connectivity index (χ0n) is 15.4. The number of rotatable bonds is 4. The summed E-state index contributed by atoms with van der Waals surface area (Å²) in [5.74, 6) is 0.0787. The van der Waals surface area contributed by atoms with Gasteiger partial charge in [-0.25, -0.2) is 17.9 Å². The Morgan fingerprint density at radius 3 is 2.81 bits per heavy atom. The summed E-state index contributed by atoms with van der Waals surface area (Å²) in [6, 6.07) is 7.62. The van der Waals surface area contributed by atoms with E-state index in [2.05, 4.69) is 10.4 Å². The van der Waals surface area contributed by atoms with Crippen molar-refractivity contribution in [1.29, 1.82) is 0 Å². The van der Waals surface area contributed by atoms with E-state index >= 15 is 0 Å². The van der Waals surface area contributed by atoms with Gasteiger partial charge in [-0.2, -0.15) is 5.10 Å². The Morgan fingerprint density at radius 1 is 1.30 bits per heavy atom. The van der Waals surface area contributed by atoms with Crippen LogP contribution < -0.4 is 5.32 Å². The van der Waals surface area contributed by atoms with Crippen LogP contribution in [0.2, 0.25) is 0 Å². The Morgan fingerprint density at radius 2 is 2.07 bits per heavy atom. The molecule has 1 saturated heterocycles. The fraction of sp³-hybridized carbons (Fsp3) is 0.421. The van der Waals surface area contributed by atoms with Crippen LogP contribution in [-0.4, -0.2) is 46.5 Å². The van der Waals surface area contributed by atoms with Crippen molar-refractivity contribution in [2.45, 2.75) is 39.2 Å². The molecule has 7 nitrogen and oxygen atoms in total. The molecule has 1 aliphatic rings. The molecular formula is C19H22N4O3S. The molecule has 0 saturated carbocycles. The van der Waals surface area contributed by atoms with Crippen LogP contribution in [-0.2, 0) is 21.1 Å². The van der Waals surface area contributed by atoms with Crippen LogP contribution in [0.3, 0.4) is 0 Å². The molecule has 142 valence electrons. The average Bonchev–Trinajstić information content (AvgIpc) is 3.15. The highest BCUT2D eigenvalue weighted by atomic mass is 32.2. The largest absolute Gasteiger partial charge is 0.352 e. The van der Waals surface area contributed by atoms with Crippen LogP contribution in [0, 0.1) is 13.8 Å². The topological polar surface area (TPSA) is 93.4 Å². The normalized spacial score (nSPS) is 19.0. The quantitative estimate of drug-likeness (QED) is 0.737. The number of amides is 1. The van der Waals surface area contributed by atoms with Gasteiger partial charge in [-0.15, -0.1) is 0 Å². The molecule has 3 heterocycles. The first-order valence-corrected chi connectivity index (χ1v) is 10.9. The first-order chi connectivity index (χ1) is 12.8. The summed E-state index contributed by atoms with van der Waals surface area (Å²) >= 11 is 0. The molecule has 0 radical (unpaired) electrons. The van der Waals surface area contributed by atoms with Crippen LogP contribution in [0.4, 0.5) is 0 Å². The Hall–Kier alpha value is -2.48. The van der Waals surface area contributed by atoms with E-state index in [4.69, 9.17) is 4.98 Å². The van der Waals surface area contributed by atoms with E-state index < -0.39 is 9.84 Å². The van der Waals surface area contributed by atoms with E-state index in [1.54, 1.807) is 0 Å². The molecular weight excluding hydrogens is 364 g/mol. The Balaban J connectivity index is 1.53. The van der Waals surface area contributed by atoms with Crippen molar-refractivity contribution in [2.75, 3.05) is 11.5 Å². The second-order valence-corrected chi connectivity index (χ2v) is 9.41. The van der Waals surface area contributed by atoms with E-state index in [0.717, 1.165) is 33.5 Å². The molecule has 1 atom stereocenters. The second kappa shape index (κ2) is 6.60. The number of sulfone groups is 1. The van der Waals surface area contributed by atoms with Gasteiger partial charge in [0, 0.05) is 29.2 Å². The number of aryl methyl sites for hydroxylation is 2. The van der Waals surface area contributed by atoms with Crippen LogP contribution in [0.15, 0.2) is 24.3 Å². The summed E-state index contributed by atoms with van der Waals surface area (Å²) in [4.78, 5) is 17.0. The number of hydrogen-bond donors (Lipinski definition) is 1. The van der Waals surface area contributed by atoms with Gasteiger partial charge in [0.05, 0.1) is 17.0 Å².